The standard InChI is InChI=1S/C65H49N/c1-63(2)55-28-14-12-26-51(55)53-40-38-50(43-62(53)63)66(48-36-34-45(35-37-48)44-20-6-3-7-21-44)49-39-41-57-54(42-49)52-27-13-15-29-56(52)65(57)60-32-18-16-30-58(60)64(46-22-8-4-9-23-46,47-24-10-5-11-25-47)59-31-17-19-33-61(59)65/h4-6,8-43H,3,7H2,1-2H3. The monoisotopic (exact) mass is 843 g/mol. The van der Waals surface area contributed by atoms with Crippen LogP contribution in [0.1, 0.15) is 87.9 Å². The van der Waals surface area contributed by atoms with Crippen LogP contribution in [0.5, 0.6) is 0 Å². The number of hydrogen-bond donors (Lipinski definition) is 0. The molecule has 13 rings (SSSR count). The normalized spacial score (nSPS) is 16.0. The summed E-state index contributed by atoms with van der Waals surface area (Å²) in [5.41, 5.74) is 23.2. The molecular formula is C65H49N. The third-order valence-electron chi connectivity index (χ3n) is 15.4. The van der Waals surface area contributed by atoms with Gasteiger partial charge >= 0.3 is 0 Å². The van der Waals surface area contributed by atoms with Crippen molar-refractivity contribution in [2.75, 3.05) is 4.90 Å². The lowest BCUT2D eigenvalue weighted by atomic mass is 9.51. The fourth-order valence-electron chi connectivity index (χ4n) is 12.6. The van der Waals surface area contributed by atoms with E-state index in [4.69, 9.17) is 0 Å². The van der Waals surface area contributed by atoms with Crippen molar-refractivity contribution >= 4 is 22.6 Å². The minimum Gasteiger partial charge on any atom is -0.310 e. The highest BCUT2D eigenvalue weighted by molar-refractivity contribution is 5.93. The van der Waals surface area contributed by atoms with Gasteiger partial charge in [0.2, 0.25) is 0 Å². The molecule has 0 saturated carbocycles. The molecule has 0 heterocycles. The van der Waals surface area contributed by atoms with E-state index in [0.717, 1.165) is 29.9 Å². The molecule has 0 aliphatic heterocycles. The van der Waals surface area contributed by atoms with E-state index >= 15 is 0 Å². The zero-order valence-corrected chi connectivity index (χ0v) is 37.4. The Morgan fingerprint density at radius 3 is 1.42 bits per heavy atom. The summed E-state index contributed by atoms with van der Waals surface area (Å²) in [7, 11) is 0. The molecule has 1 spiro atoms. The Kier molecular flexibility index (Phi) is 8.58. The highest BCUT2D eigenvalue weighted by atomic mass is 15.1. The summed E-state index contributed by atoms with van der Waals surface area (Å²) >= 11 is 0. The number of rotatable bonds is 6. The van der Waals surface area contributed by atoms with Gasteiger partial charge in [0, 0.05) is 22.5 Å². The van der Waals surface area contributed by atoms with Gasteiger partial charge in [-0.25, -0.2) is 0 Å². The average molecular weight is 844 g/mol. The van der Waals surface area contributed by atoms with Crippen molar-refractivity contribution in [3.63, 3.8) is 0 Å². The summed E-state index contributed by atoms with van der Waals surface area (Å²) < 4.78 is 0. The average Bonchev–Trinajstić information content (AvgIpc) is 3.80. The zero-order chi connectivity index (χ0) is 44.0. The lowest BCUT2D eigenvalue weighted by Gasteiger charge is -2.50. The predicted octanol–water partition coefficient (Wildman–Crippen LogP) is 16.3. The van der Waals surface area contributed by atoms with Crippen molar-refractivity contribution in [2.45, 2.75) is 42.9 Å². The van der Waals surface area contributed by atoms with E-state index in [1.54, 1.807) is 0 Å². The van der Waals surface area contributed by atoms with Crippen LogP contribution in [0.3, 0.4) is 0 Å². The maximum Gasteiger partial charge on any atom is 0.0720 e. The van der Waals surface area contributed by atoms with E-state index in [-0.39, 0.29) is 5.41 Å². The number of nitrogens with zero attached hydrogens (tertiary/aromatic N) is 1. The molecule has 0 N–H and O–H groups in total. The fourth-order valence-corrected chi connectivity index (χ4v) is 12.6. The molecule has 0 bridgehead atoms. The second kappa shape index (κ2) is 14.6. The Balaban J connectivity index is 1.05. The number of anilines is 3. The van der Waals surface area contributed by atoms with E-state index in [1.807, 2.05) is 0 Å². The predicted molar refractivity (Wildman–Crippen MR) is 274 cm³/mol. The Morgan fingerprint density at radius 2 is 0.818 bits per heavy atom. The van der Waals surface area contributed by atoms with Crippen LogP contribution in [0.2, 0.25) is 0 Å². The molecule has 1 nitrogen and oxygen atoms in total. The van der Waals surface area contributed by atoms with Gasteiger partial charge in [0.15, 0.2) is 0 Å². The Hall–Kier alpha value is -7.74. The molecule has 1 heteroatoms. The zero-order valence-electron chi connectivity index (χ0n) is 37.4. The lowest BCUT2D eigenvalue weighted by molar-refractivity contribution is 0.623. The molecule has 4 aliphatic carbocycles. The fraction of sp³-hybridized carbons (Fsp3) is 0.108. The largest absolute Gasteiger partial charge is 0.310 e. The molecule has 0 atom stereocenters. The summed E-state index contributed by atoms with van der Waals surface area (Å²) in [5, 5.41) is 0. The SMILES string of the molecule is CC1(C)c2ccccc2-c2ccc(N(c3ccc(C4=CCCC=C4)cc3)c3ccc4c(c3)-c3ccccc3C43c4ccccc4C(c4ccccc4)(c4ccccc4)c4ccccc43)cc21. The molecule has 66 heavy (non-hydrogen) atoms. The summed E-state index contributed by atoms with van der Waals surface area (Å²) in [6.45, 7) is 4.75. The molecule has 0 radical (unpaired) electrons. The van der Waals surface area contributed by atoms with Crippen LogP contribution < -0.4 is 4.90 Å². The van der Waals surface area contributed by atoms with Crippen molar-refractivity contribution < 1.29 is 0 Å². The van der Waals surface area contributed by atoms with E-state index in [1.165, 1.54) is 89.0 Å². The first kappa shape index (κ1) is 38.7. The Bertz CT molecular complexity index is 3350. The van der Waals surface area contributed by atoms with E-state index in [2.05, 4.69) is 255 Å². The van der Waals surface area contributed by atoms with Crippen molar-refractivity contribution in [3.8, 4) is 22.3 Å². The smallest absolute Gasteiger partial charge is 0.0720 e. The van der Waals surface area contributed by atoms with Gasteiger partial charge in [-0.2, -0.15) is 0 Å². The Morgan fingerprint density at radius 1 is 0.348 bits per heavy atom. The molecule has 0 fully saturated rings. The van der Waals surface area contributed by atoms with Gasteiger partial charge in [-0.05, 0) is 138 Å². The topological polar surface area (TPSA) is 3.24 Å². The number of fused-ring (bicyclic) bond motifs is 12. The summed E-state index contributed by atoms with van der Waals surface area (Å²) in [4.78, 5) is 2.49. The summed E-state index contributed by atoms with van der Waals surface area (Å²) in [6, 6.07) is 82.8. The van der Waals surface area contributed by atoms with Crippen LogP contribution >= 0.6 is 0 Å². The number of allylic oxidation sites excluding steroid dienone is 4. The molecule has 9 aromatic carbocycles. The highest BCUT2D eigenvalue weighted by Gasteiger charge is 2.56. The first-order valence-corrected chi connectivity index (χ1v) is 23.6. The minimum absolute atomic E-state index is 0.128. The molecule has 0 saturated heterocycles. The van der Waals surface area contributed by atoms with Crippen LogP contribution in [0.15, 0.2) is 237 Å². The lowest BCUT2D eigenvalue weighted by Crippen LogP contribution is -2.44. The molecule has 0 unspecified atom stereocenters. The van der Waals surface area contributed by atoms with Crippen molar-refractivity contribution in [2.24, 2.45) is 0 Å². The van der Waals surface area contributed by atoms with Gasteiger partial charge in [-0.3, -0.25) is 0 Å². The summed E-state index contributed by atoms with van der Waals surface area (Å²) in [6.07, 6.45) is 9.12. The van der Waals surface area contributed by atoms with Gasteiger partial charge < -0.3 is 4.90 Å². The van der Waals surface area contributed by atoms with Gasteiger partial charge in [-0.15, -0.1) is 0 Å². The van der Waals surface area contributed by atoms with Crippen LogP contribution in [-0.2, 0) is 16.2 Å². The van der Waals surface area contributed by atoms with E-state index < -0.39 is 10.8 Å². The maximum absolute atomic E-state index is 2.49. The third-order valence-corrected chi connectivity index (χ3v) is 15.4. The molecule has 9 aromatic rings. The number of benzene rings is 9. The highest BCUT2D eigenvalue weighted by Crippen LogP contribution is 2.65. The molecule has 4 aliphatic rings. The minimum atomic E-state index is -0.554. The molecule has 0 amide bonds. The van der Waals surface area contributed by atoms with Gasteiger partial charge in [0.05, 0.1) is 10.8 Å². The maximum atomic E-state index is 2.49. The van der Waals surface area contributed by atoms with Gasteiger partial charge in [-0.1, -0.05) is 214 Å². The molecule has 314 valence electrons. The van der Waals surface area contributed by atoms with Crippen molar-refractivity contribution in [1.29, 1.82) is 0 Å². The molecule has 0 aromatic heterocycles. The number of hydrogen-bond acceptors (Lipinski definition) is 1. The summed E-state index contributed by atoms with van der Waals surface area (Å²) in [5.74, 6) is 0. The van der Waals surface area contributed by atoms with Gasteiger partial charge in [0.25, 0.3) is 0 Å². The van der Waals surface area contributed by atoms with Crippen molar-refractivity contribution in [1.82, 2.24) is 0 Å². The van der Waals surface area contributed by atoms with E-state index in [0.29, 0.717) is 0 Å². The molecular weight excluding hydrogens is 795 g/mol. The second-order valence-electron chi connectivity index (χ2n) is 19.0. The first-order valence-electron chi connectivity index (χ1n) is 23.6. The first-order chi connectivity index (χ1) is 32.5. The quantitative estimate of drug-likeness (QED) is 0.161. The van der Waals surface area contributed by atoms with Crippen LogP contribution in [-0.4, -0.2) is 0 Å². The van der Waals surface area contributed by atoms with Crippen molar-refractivity contribution in [3.05, 3.63) is 298 Å². The van der Waals surface area contributed by atoms with Gasteiger partial charge in [0.1, 0.15) is 0 Å². The second-order valence-corrected chi connectivity index (χ2v) is 19.0. The Labute approximate surface area is 388 Å². The van der Waals surface area contributed by atoms with Crippen LogP contribution in [0, 0.1) is 0 Å². The van der Waals surface area contributed by atoms with E-state index in [9.17, 15) is 0 Å². The van der Waals surface area contributed by atoms with Crippen LogP contribution in [0.4, 0.5) is 17.1 Å². The van der Waals surface area contributed by atoms with Crippen LogP contribution in [0.25, 0.3) is 27.8 Å². The third kappa shape index (κ3) is 5.29.